The summed E-state index contributed by atoms with van der Waals surface area (Å²) >= 11 is 0. The van der Waals surface area contributed by atoms with Crippen LogP contribution in [0.1, 0.15) is 30.2 Å². The third-order valence-corrected chi connectivity index (χ3v) is 1.99. The van der Waals surface area contributed by atoms with Gasteiger partial charge in [-0.05, 0) is 18.6 Å². The van der Waals surface area contributed by atoms with Gasteiger partial charge in [0, 0.05) is 6.20 Å². The number of pyridine rings is 1. The average molecular weight is 240 g/mol. The molecule has 0 atom stereocenters. The normalized spacial score (nSPS) is 10.1. The van der Waals surface area contributed by atoms with Gasteiger partial charge in [0.15, 0.2) is 0 Å². The Balaban J connectivity index is 2.99. The topological polar surface area (TPSA) is 63.0 Å². The summed E-state index contributed by atoms with van der Waals surface area (Å²) in [7, 11) is 0. The first-order valence-electron chi connectivity index (χ1n) is 4.91. The quantitative estimate of drug-likeness (QED) is 0.755. The third-order valence-electron chi connectivity index (χ3n) is 1.99. The second-order valence-corrected chi connectivity index (χ2v) is 3.16. The molecule has 1 heterocycles. The lowest BCUT2D eigenvalue weighted by atomic mass is 10.1. The number of nitrogens with zero attached hydrogens (tertiary/aromatic N) is 2. The van der Waals surface area contributed by atoms with Gasteiger partial charge in [-0.2, -0.15) is 5.26 Å². The molecular weight excluding hydrogens is 230 g/mol. The number of hydrogen-bond donors (Lipinski definition) is 0. The molecule has 0 bridgehead atoms. The number of esters is 1. The second kappa shape index (κ2) is 5.89. The van der Waals surface area contributed by atoms with Gasteiger partial charge >= 0.3 is 5.97 Å². The number of carbonyl (C=O) groups is 1. The van der Waals surface area contributed by atoms with Gasteiger partial charge in [-0.25, -0.2) is 8.78 Å². The minimum absolute atomic E-state index is 0.0995. The van der Waals surface area contributed by atoms with Gasteiger partial charge in [-0.1, -0.05) is 0 Å². The Kier molecular flexibility index (Phi) is 4.52. The van der Waals surface area contributed by atoms with Crippen LogP contribution in [0.15, 0.2) is 12.3 Å². The molecule has 0 radical (unpaired) electrons. The fourth-order valence-electron chi connectivity index (χ4n) is 1.25. The van der Waals surface area contributed by atoms with E-state index in [1.54, 1.807) is 13.0 Å². The van der Waals surface area contributed by atoms with Gasteiger partial charge in [0.05, 0.1) is 18.6 Å². The maximum Gasteiger partial charge on any atom is 0.310 e. The third kappa shape index (κ3) is 3.48. The number of halogens is 2. The second-order valence-electron chi connectivity index (χ2n) is 3.16. The fourth-order valence-corrected chi connectivity index (χ4v) is 1.25. The highest BCUT2D eigenvalue weighted by atomic mass is 19.3. The van der Waals surface area contributed by atoms with Gasteiger partial charge in [-0.3, -0.25) is 9.78 Å². The summed E-state index contributed by atoms with van der Waals surface area (Å²) in [6.45, 7) is 1.84. The number of aromatic nitrogens is 1. The molecule has 0 spiro atoms. The summed E-state index contributed by atoms with van der Waals surface area (Å²) in [5.74, 6) is -0.560. The summed E-state index contributed by atoms with van der Waals surface area (Å²) in [4.78, 5) is 14.7. The van der Waals surface area contributed by atoms with E-state index in [4.69, 9.17) is 5.26 Å². The molecule has 0 amide bonds. The van der Waals surface area contributed by atoms with E-state index in [-0.39, 0.29) is 24.2 Å². The lowest BCUT2D eigenvalue weighted by Crippen LogP contribution is -2.09. The van der Waals surface area contributed by atoms with Crippen molar-refractivity contribution in [3.05, 3.63) is 29.1 Å². The van der Waals surface area contributed by atoms with Crippen LogP contribution in [0, 0.1) is 11.3 Å². The number of nitriles is 1. The van der Waals surface area contributed by atoms with Crippen molar-refractivity contribution < 1.29 is 18.3 Å². The zero-order valence-corrected chi connectivity index (χ0v) is 9.11. The maximum atomic E-state index is 12.4. The lowest BCUT2D eigenvalue weighted by Gasteiger charge is -2.06. The van der Waals surface area contributed by atoms with Crippen molar-refractivity contribution in [3.8, 4) is 6.07 Å². The predicted molar refractivity (Wildman–Crippen MR) is 54.2 cm³/mol. The molecule has 0 aliphatic heterocycles. The van der Waals surface area contributed by atoms with Crippen LogP contribution in [0.4, 0.5) is 8.78 Å². The molecule has 0 aliphatic carbocycles. The van der Waals surface area contributed by atoms with E-state index in [2.05, 4.69) is 9.72 Å². The monoisotopic (exact) mass is 240 g/mol. The van der Waals surface area contributed by atoms with E-state index in [1.165, 1.54) is 0 Å². The Morgan fingerprint density at radius 2 is 2.35 bits per heavy atom. The molecular formula is C11H10F2N2O2. The van der Waals surface area contributed by atoms with E-state index < -0.39 is 18.1 Å². The molecule has 0 saturated carbocycles. The van der Waals surface area contributed by atoms with Crippen molar-refractivity contribution in [2.24, 2.45) is 0 Å². The van der Waals surface area contributed by atoms with Gasteiger partial charge in [0.2, 0.25) is 0 Å². The summed E-state index contributed by atoms with van der Waals surface area (Å²) < 4.78 is 29.5. The zero-order valence-electron chi connectivity index (χ0n) is 9.11. The van der Waals surface area contributed by atoms with E-state index >= 15 is 0 Å². The lowest BCUT2D eigenvalue weighted by molar-refractivity contribution is -0.142. The number of hydrogen-bond acceptors (Lipinski definition) is 4. The molecule has 17 heavy (non-hydrogen) atoms. The maximum absolute atomic E-state index is 12.4. The highest BCUT2D eigenvalue weighted by molar-refractivity contribution is 5.73. The van der Waals surface area contributed by atoms with Crippen molar-refractivity contribution in [3.63, 3.8) is 0 Å². The van der Waals surface area contributed by atoms with Gasteiger partial charge in [0.1, 0.15) is 11.8 Å². The smallest absolute Gasteiger partial charge is 0.310 e. The zero-order chi connectivity index (χ0) is 12.8. The molecule has 0 saturated heterocycles. The average Bonchev–Trinajstić information content (AvgIpc) is 2.29. The minimum Gasteiger partial charge on any atom is -0.466 e. The number of carbonyl (C=O) groups excluding carboxylic acids is 1. The molecule has 0 N–H and O–H groups in total. The Labute approximate surface area is 96.8 Å². The molecule has 0 unspecified atom stereocenters. The van der Waals surface area contributed by atoms with Crippen LogP contribution in [0.3, 0.4) is 0 Å². The number of ether oxygens (including phenoxy) is 1. The first kappa shape index (κ1) is 13.0. The van der Waals surface area contributed by atoms with E-state index in [1.807, 2.05) is 0 Å². The summed E-state index contributed by atoms with van der Waals surface area (Å²) in [5.41, 5.74) is -0.151. The largest absolute Gasteiger partial charge is 0.466 e. The van der Waals surface area contributed by atoms with Crippen molar-refractivity contribution in [1.82, 2.24) is 4.98 Å². The highest BCUT2D eigenvalue weighted by Crippen LogP contribution is 2.19. The molecule has 0 aromatic carbocycles. The molecule has 4 nitrogen and oxygen atoms in total. The fraction of sp³-hybridized carbons (Fsp3) is 0.364. The molecule has 1 aromatic rings. The standard InChI is InChI=1S/C11H10F2N2O2/c1-2-17-10(16)4-7-3-9(11(12)13)15-6-8(7)5-14/h3,6,11H,2,4H2,1H3. The molecule has 6 heteroatoms. The van der Waals surface area contributed by atoms with Gasteiger partial charge < -0.3 is 4.74 Å². The van der Waals surface area contributed by atoms with Crippen molar-refractivity contribution in [1.29, 1.82) is 5.26 Å². The predicted octanol–water partition coefficient (Wildman–Crippen LogP) is 2.00. The van der Waals surface area contributed by atoms with Crippen LogP contribution in [-0.4, -0.2) is 17.6 Å². The van der Waals surface area contributed by atoms with Crippen LogP contribution in [-0.2, 0) is 16.0 Å². The van der Waals surface area contributed by atoms with Crippen LogP contribution in [0.2, 0.25) is 0 Å². The van der Waals surface area contributed by atoms with Crippen LogP contribution >= 0.6 is 0 Å². The Morgan fingerprint density at radius 3 is 2.88 bits per heavy atom. The Morgan fingerprint density at radius 1 is 1.65 bits per heavy atom. The number of rotatable bonds is 4. The van der Waals surface area contributed by atoms with E-state index in [0.717, 1.165) is 12.3 Å². The Bertz CT molecular complexity index is 455. The molecule has 1 rings (SSSR count). The molecule has 90 valence electrons. The summed E-state index contributed by atoms with van der Waals surface area (Å²) in [6.07, 6.45) is -1.90. The van der Waals surface area contributed by atoms with Crippen LogP contribution < -0.4 is 0 Å². The first-order chi connectivity index (χ1) is 8.08. The SMILES string of the molecule is CCOC(=O)Cc1cc(C(F)F)ncc1C#N. The van der Waals surface area contributed by atoms with Crippen LogP contribution in [0.5, 0.6) is 0 Å². The van der Waals surface area contributed by atoms with Gasteiger partial charge in [-0.15, -0.1) is 0 Å². The van der Waals surface area contributed by atoms with Crippen molar-refractivity contribution in [2.45, 2.75) is 19.8 Å². The minimum atomic E-state index is -2.73. The Hall–Kier alpha value is -2.03. The van der Waals surface area contributed by atoms with Crippen molar-refractivity contribution in [2.75, 3.05) is 6.61 Å². The molecule has 1 aromatic heterocycles. The highest BCUT2D eigenvalue weighted by Gasteiger charge is 2.15. The van der Waals surface area contributed by atoms with E-state index in [0.29, 0.717) is 0 Å². The molecule has 0 fully saturated rings. The van der Waals surface area contributed by atoms with Crippen LogP contribution in [0.25, 0.3) is 0 Å². The van der Waals surface area contributed by atoms with Crippen molar-refractivity contribution >= 4 is 5.97 Å². The van der Waals surface area contributed by atoms with E-state index in [9.17, 15) is 13.6 Å². The molecule has 0 aliphatic rings. The summed E-state index contributed by atoms with van der Waals surface area (Å²) in [6, 6.07) is 2.85. The van der Waals surface area contributed by atoms with Gasteiger partial charge in [0.25, 0.3) is 6.43 Å². The summed E-state index contributed by atoms with van der Waals surface area (Å²) in [5, 5.41) is 8.76. The first-order valence-corrected chi connectivity index (χ1v) is 4.91. The number of alkyl halides is 2.